The molecule has 0 radical (unpaired) electrons. The van der Waals surface area contributed by atoms with E-state index in [0.717, 1.165) is 0 Å². The minimum absolute atomic E-state index is 0.0923. The maximum Gasteiger partial charge on any atom is 0.276 e. The van der Waals surface area contributed by atoms with E-state index >= 15 is 0 Å². The topological polar surface area (TPSA) is 85.4 Å². The Balaban J connectivity index is 2.33. The zero-order valence-electron chi connectivity index (χ0n) is 12.9. The summed E-state index contributed by atoms with van der Waals surface area (Å²) in [6, 6.07) is 8.33. The number of fused-ring (bicyclic) bond motifs is 1. The second-order valence-corrected chi connectivity index (χ2v) is 5.28. The standard InChI is InChI=1S/C17H13FN2O4/c1-9-7-12-14(8-13(9)20(22)23)24-16(15(12)17(21)19-2)10-3-5-11(18)6-4-10/h3-8H,1-2H3,(H,19,21). The van der Waals surface area contributed by atoms with Gasteiger partial charge in [0.2, 0.25) is 0 Å². The molecule has 1 heterocycles. The van der Waals surface area contributed by atoms with Crippen molar-refractivity contribution in [3.8, 4) is 11.3 Å². The van der Waals surface area contributed by atoms with Gasteiger partial charge in [-0.1, -0.05) is 0 Å². The van der Waals surface area contributed by atoms with E-state index in [0.29, 0.717) is 16.5 Å². The van der Waals surface area contributed by atoms with Crippen molar-refractivity contribution < 1.29 is 18.5 Å². The van der Waals surface area contributed by atoms with Gasteiger partial charge in [0.1, 0.15) is 17.2 Å². The second-order valence-electron chi connectivity index (χ2n) is 5.28. The van der Waals surface area contributed by atoms with Crippen LogP contribution in [0.25, 0.3) is 22.3 Å². The third-order valence-electron chi connectivity index (χ3n) is 3.76. The van der Waals surface area contributed by atoms with Crippen LogP contribution in [0.5, 0.6) is 0 Å². The van der Waals surface area contributed by atoms with Crippen molar-refractivity contribution in [2.24, 2.45) is 0 Å². The lowest BCUT2D eigenvalue weighted by atomic mass is 10.0. The summed E-state index contributed by atoms with van der Waals surface area (Å²) in [5.41, 5.74) is 1.32. The number of hydrogen-bond donors (Lipinski definition) is 1. The number of halogens is 1. The number of furan rings is 1. The van der Waals surface area contributed by atoms with E-state index in [1.54, 1.807) is 13.0 Å². The Hall–Kier alpha value is -3.22. The van der Waals surface area contributed by atoms with Crippen molar-refractivity contribution in [1.82, 2.24) is 5.32 Å². The molecule has 0 saturated heterocycles. The fourth-order valence-corrected chi connectivity index (χ4v) is 2.59. The van der Waals surface area contributed by atoms with Crippen LogP contribution in [0, 0.1) is 22.9 Å². The summed E-state index contributed by atoms with van der Waals surface area (Å²) in [5.74, 6) is -0.562. The molecule has 0 aliphatic rings. The van der Waals surface area contributed by atoms with E-state index in [-0.39, 0.29) is 28.5 Å². The lowest BCUT2D eigenvalue weighted by Gasteiger charge is -2.02. The molecule has 0 bridgehead atoms. The summed E-state index contributed by atoms with van der Waals surface area (Å²) >= 11 is 0. The third-order valence-corrected chi connectivity index (χ3v) is 3.76. The average molecular weight is 328 g/mol. The van der Waals surface area contributed by atoms with E-state index in [1.807, 2.05) is 0 Å². The second kappa shape index (κ2) is 5.77. The molecule has 3 rings (SSSR count). The maximum atomic E-state index is 13.1. The van der Waals surface area contributed by atoms with Crippen molar-refractivity contribution in [2.75, 3.05) is 7.05 Å². The van der Waals surface area contributed by atoms with Crippen molar-refractivity contribution in [3.63, 3.8) is 0 Å². The number of hydrogen-bond acceptors (Lipinski definition) is 4. The Morgan fingerprint density at radius 2 is 1.92 bits per heavy atom. The minimum atomic E-state index is -0.506. The van der Waals surface area contributed by atoms with Crippen LogP contribution in [0.1, 0.15) is 15.9 Å². The summed E-state index contributed by atoms with van der Waals surface area (Å²) in [7, 11) is 1.48. The van der Waals surface area contributed by atoms with Crippen LogP contribution in [0.4, 0.5) is 10.1 Å². The van der Waals surface area contributed by atoms with Gasteiger partial charge in [0.05, 0.1) is 16.6 Å². The van der Waals surface area contributed by atoms with Crippen LogP contribution in [0.2, 0.25) is 0 Å². The highest BCUT2D eigenvalue weighted by atomic mass is 19.1. The first-order chi connectivity index (χ1) is 11.4. The van der Waals surface area contributed by atoms with Crippen LogP contribution in [0.15, 0.2) is 40.8 Å². The smallest absolute Gasteiger partial charge is 0.276 e. The lowest BCUT2D eigenvalue weighted by Crippen LogP contribution is -2.18. The average Bonchev–Trinajstić information content (AvgIpc) is 2.92. The molecule has 0 fully saturated rings. The number of nitro benzene ring substituents is 1. The predicted molar refractivity (Wildman–Crippen MR) is 86.4 cm³/mol. The van der Waals surface area contributed by atoms with Gasteiger partial charge in [-0.2, -0.15) is 0 Å². The summed E-state index contributed by atoms with van der Waals surface area (Å²) in [6.07, 6.45) is 0. The number of amides is 1. The van der Waals surface area contributed by atoms with Gasteiger partial charge in [-0.05, 0) is 37.3 Å². The van der Waals surface area contributed by atoms with E-state index < -0.39 is 10.7 Å². The van der Waals surface area contributed by atoms with Crippen LogP contribution in [-0.2, 0) is 0 Å². The highest BCUT2D eigenvalue weighted by molar-refractivity contribution is 6.11. The number of nitrogens with zero attached hydrogens (tertiary/aromatic N) is 1. The van der Waals surface area contributed by atoms with Crippen LogP contribution >= 0.6 is 0 Å². The summed E-state index contributed by atoms with van der Waals surface area (Å²) in [4.78, 5) is 22.9. The number of nitrogens with one attached hydrogen (secondary N) is 1. The third kappa shape index (κ3) is 2.50. The number of carbonyl (C=O) groups excluding carboxylic acids is 1. The maximum absolute atomic E-state index is 13.1. The first-order valence-electron chi connectivity index (χ1n) is 7.12. The molecule has 0 aliphatic heterocycles. The Labute approximate surface area is 136 Å². The van der Waals surface area contributed by atoms with Crippen molar-refractivity contribution in [2.45, 2.75) is 6.92 Å². The molecule has 1 aromatic heterocycles. The van der Waals surface area contributed by atoms with Gasteiger partial charge in [-0.15, -0.1) is 0 Å². The minimum Gasteiger partial charge on any atom is -0.455 e. The van der Waals surface area contributed by atoms with Crippen molar-refractivity contribution in [3.05, 3.63) is 63.5 Å². The van der Waals surface area contributed by atoms with Gasteiger partial charge < -0.3 is 9.73 Å². The summed E-state index contributed by atoms with van der Waals surface area (Å²) < 4.78 is 18.8. The summed E-state index contributed by atoms with van der Waals surface area (Å²) in [5, 5.41) is 14.1. The number of nitro groups is 1. The molecular weight excluding hydrogens is 315 g/mol. The SMILES string of the molecule is CNC(=O)c1c(-c2ccc(F)cc2)oc2cc([N+](=O)[O-])c(C)cc12. The molecule has 3 aromatic rings. The fourth-order valence-electron chi connectivity index (χ4n) is 2.59. The molecule has 2 aromatic carbocycles. The Morgan fingerprint density at radius 1 is 1.25 bits per heavy atom. The molecular formula is C17H13FN2O4. The first kappa shape index (κ1) is 15.7. The molecule has 24 heavy (non-hydrogen) atoms. The van der Waals surface area contributed by atoms with Crippen molar-refractivity contribution >= 4 is 22.6 Å². The molecule has 1 N–H and O–H groups in total. The Morgan fingerprint density at radius 3 is 2.50 bits per heavy atom. The summed E-state index contributed by atoms with van der Waals surface area (Å²) in [6.45, 7) is 1.59. The molecule has 0 saturated carbocycles. The van der Waals surface area contributed by atoms with Gasteiger partial charge in [0, 0.05) is 23.6 Å². The number of aryl methyl sites for hydroxylation is 1. The van der Waals surface area contributed by atoms with Crippen LogP contribution in [-0.4, -0.2) is 17.9 Å². The normalized spacial score (nSPS) is 10.8. The molecule has 7 heteroatoms. The van der Waals surface area contributed by atoms with Crippen molar-refractivity contribution in [1.29, 1.82) is 0 Å². The lowest BCUT2D eigenvalue weighted by molar-refractivity contribution is -0.385. The highest BCUT2D eigenvalue weighted by Gasteiger charge is 2.24. The first-order valence-corrected chi connectivity index (χ1v) is 7.12. The van der Waals surface area contributed by atoms with Gasteiger partial charge >= 0.3 is 0 Å². The largest absolute Gasteiger partial charge is 0.455 e. The van der Waals surface area contributed by atoms with Crippen LogP contribution < -0.4 is 5.32 Å². The van der Waals surface area contributed by atoms with E-state index in [1.165, 1.54) is 37.4 Å². The van der Waals surface area contributed by atoms with E-state index in [2.05, 4.69) is 5.32 Å². The molecule has 0 unspecified atom stereocenters. The zero-order chi connectivity index (χ0) is 17.4. The number of carbonyl (C=O) groups is 1. The van der Waals surface area contributed by atoms with Gasteiger partial charge in [0.15, 0.2) is 0 Å². The quantitative estimate of drug-likeness (QED) is 0.585. The van der Waals surface area contributed by atoms with Gasteiger partial charge in [-0.25, -0.2) is 4.39 Å². The molecule has 0 aliphatic carbocycles. The number of benzene rings is 2. The van der Waals surface area contributed by atoms with E-state index in [4.69, 9.17) is 4.42 Å². The van der Waals surface area contributed by atoms with Gasteiger partial charge in [0.25, 0.3) is 11.6 Å². The predicted octanol–water partition coefficient (Wildman–Crippen LogP) is 3.82. The fraction of sp³-hybridized carbons (Fsp3) is 0.118. The zero-order valence-corrected chi connectivity index (χ0v) is 12.9. The van der Waals surface area contributed by atoms with E-state index in [9.17, 15) is 19.3 Å². The Kier molecular flexibility index (Phi) is 3.76. The molecule has 0 atom stereocenters. The number of rotatable bonds is 3. The highest BCUT2D eigenvalue weighted by Crippen LogP contribution is 2.36. The monoisotopic (exact) mass is 328 g/mol. The molecule has 6 nitrogen and oxygen atoms in total. The Bertz CT molecular complexity index is 961. The molecule has 0 spiro atoms. The van der Waals surface area contributed by atoms with Crippen LogP contribution in [0.3, 0.4) is 0 Å². The molecule has 1 amide bonds. The molecule has 122 valence electrons. The van der Waals surface area contributed by atoms with Gasteiger partial charge in [-0.3, -0.25) is 14.9 Å².